The molecule has 13 heavy (non-hydrogen) atoms. The van der Waals surface area contributed by atoms with Gasteiger partial charge in [0.25, 0.3) is 0 Å². The largest absolute Gasteiger partial charge is 0.300 e. The molecule has 0 aliphatic carbocycles. The highest BCUT2D eigenvalue weighted by Crippen LogP contribution is 2.19. The molecule has 0 radical (unpaired) electrons. The van der Waals surface area contributed by atoms with Crippen molar-refractivity contribution >= 4 is 22.6 Å². The van der Waals surface area contributed by atoms with E-state index in [9.17, 15) is 0 Å². The molecule has 0 amide bonds. The summed E-state index contributed by atoms with van der Waals surface area (Å²) in [5.41, 5.74) is 1.23. The Labute approximate surface area is 87.3 Å². The predicted molar refractivity (Wildman–Crippen MR) is 61.5 cm³/mol. The Morgan fingerprint density at radius 2 is 2.00 bits per heavy atom. The summed E-state index contributed by atoms with van der Waals surface area (Å²) in [5.74, 6) is 0.283. The number of aliphatic imine (C=N–C) groups is 1. The molecule has 0 saturated carbocycles. The van der Waals surface area contributed by atoms with Gasteiger partial charge in [0, 0.05) is 16.9 Å². The van der Waals surface area contributed by atoms with Gasteiger partial charge in [-0.05, 0) is 24.4 Å². The normalized spacial score (nSPS) is 12.1. The molecule has 0 saturated heterocycles. The third kappa shape index (κ3) is 2.81. The second-order valence-electron chi connectivity index (χ2n) is 2.80. The van der Waals surface area contributed by atoms with E-state index in [2.05, 4.69) is 46.4 Å². The Balaban J connectivity index is 2.84. The molecule has 1 unspecified atom stereocenters. The van der Waals surface area contributed by atoms with Crippen molar-refractivity contribution in [1.29, 1.82) is 0 Å². The number of nitrogens with zero attached hydrogens (tertiary/aromatic N) is 1. The predicted octanol–water partition coefficient (Wildman–Crippen LogP) is 3.42. The Bertz CT molecular complexity index is 289. The van der Waals surface area contributed by atoms with E-state index in [1.54, 1.807) is 0 Å². The van der Waals surface area contributed by atoms with Crippen LogP contribution in [0.15, 0.2) is 46.4 Å². The fourth-order valence-corrected chi connectivity index (χ4v) is 1.43. The third-order valence-electron chi connectivity index (χ3n) is 1.91. The maximum absolute atomic E-state index is 3.87. The Hall–Kier alpha value is -0.890. The van der Waals surface area contributed by atoms with Crippen molar-refractivity contribution in [3.63, 3.8) is 0 Å². The molecule has 0 spiro atoms. The topological polar surface area (TPSA) is 12.4 Å². The summed E-state index contributed by atoms with van der Waals surface area (Å²) < 4.78 is 1.09. The number of halogens is 1. The maximum atomic E-state index is 3.87. The van der Waals surface area contributed by atoms with Crippen molar-refractivity contribution in [3.05, 3.63) is 47.0 Å². The second kappa shape index (κ2) is 4.97. The summed E-state index contributed by atoms with van der Waals surface area (Å²) in [7, 11) is 0. The van der Waals surface area contributed by atoms with Crippen LogP contribution in [-0.2, 0) is 0 Å². The lowest BCUT2D eigenvalue weighted by Gasteiger charge is -2.09. The van der Waals surface area contributed by atoms with Crippen LogP contribution in [0.1, 0.15) is 11.5 Å². The van der Waals surface area contributed by atoms with Crippen molar-refractivity contribution in [3.8, 4) is 0 Å². The van der Waals surface area contributed by atoms with Crippen LogP contribution < -0.4 is 0 Å². The van der Waals surface area contributed by atoms with E-state index in [0.29, 0.717) is 6.54 Å². The van der Waals surface area contributed by atoms with Gasteiger partial charge in [0.2, 0.25) is 0 Å². The van der Waals surface area contributed by atoms with Gasteiger partial charge in [-0.25, -0.2) is 0 Å². The van der Waals surface area contributed by atoms with Crippen molar-refractivity contribution in [2.45, 2.75) is 5.92 Å². The van der Waals surface area contributed by atoms with E-state index >= 15 is 0 Å². The first-order valence-corrected chi connectivity index (χ1v) is 4.87. The van der Waals surface area contributed by atoms with Gasteiger partial charge in [-0.2, -0.15) is 0 Å². The average Bonchev–Trinajstić information content (AvgIpc) is 2.16. The molecule has 0 fully saturated rings. The van der Waals surface area contributed by atoms with E-state index in [1.165, 1.54) is 5.56 Å². The van der Waals surface area contributed by atoms with E-state index in [1.807, 2.05) is 18.2 Å². The van der Waals surface area contributed by atoms with E-state index < -0.39 is 0 Å². The van der Waals surface area contributed by atoms with Gasteiger partial charge in [0.05, 0.1) is 0 Å². The highest BCUT2D eigenvalue weighted by Gasteiger charge is 2.04. The first-order valence-electron chi connectivity index (χ1n) is 4.08. The van der Waals surface area contributed by atoms with Crippen LogP contribution in [0.25, 0.3) is 0 Å². The van der Waals surface area contributed by atoms with Crippen LogP contribution in [0.5, 0.6) is 0 Å². The monoisotopic (exact) mass is 237 g/mol. The Morgan fingerprint density at radius 1 is 1.38 bits per heavy atom. The van der Waals surface area contributed by atoms with Crippen molar-refractivity contribution in [2.24, 2.45) is 4.99 Å². The molecule has 0 N–H and O–H groups in total. The molecule has 0 aliphatic heterocycles. The smallest absolute Gasteiger partial charge is 0.0485 e. The van der Waals surface area contributed by atoms with Crippen LogP contribution in [-0.4, -0.2) is 13.3 Å². The Kier molecular flexibility index (Phi) is 3.90. The van der Waals surface area contributed by atoms with E-state index in [4.69, 9.17) is 0 Å². The van der Waals surface area contributed by atoms with Gasteiger partial charge < -0.3 is 0 Å². The number of hydrogen-bond donors (Lipinski definition) is 0. The molecule has 0 heterocycles. The summed E-state index contributed by atoms with van der Waals surface area (Å²) in [6.07, 6.45) is 1.90. The maximum Gasteiger partial charge on any atom is 0.0485 e. The van der Waals surface area contributed by atoms with E-state index in [0.717, 1.165) is 4.47 Å². The first-order chi connectivity index (χ1) is 6.27. The quantitative estimate of drug-likeness (QED) is 0.563. The molecule has 68 valence electrons. The van der Waals surface area contributed by atoms with Gasteiger partial charge in [0.1, 0.15) is 0 Å². The SMILES string of the molecule is C=CC(CN=C)c1ccc(Br)cc1. The molecule has 0 bridgehead atoms. The number of rotatable bonds is 4. The lowest BCUT2D eigenvalue weighted by atomic mass is 10.00. The zero-order valence-corrected chi connectivity index (χ0v) is 9.00. The molecule has 1 aromatic rings. The van der Waals surface area contributed by atoms with Crippen molar-refractivity contribution in [1.82, 2.24) is 0 Å². The molecule has 0 aromatic heterocycles. The molecular weight excluding hydrogens is 226 g/mol. The van der Waals surface area contributed by atoms with Gasteiger partial charge >= 0.3 is 0 Å². The van der Waals surface area contributed by atoms with Gasteiger partial charge in [-0.3, -0.25) is 4.99 Å². The summed E-state index contributed by atoms with van der Waals surface area (Å²) >= 11 is 3.39. The van der Waals surface area contributed by atoms with Gasteiger partial charge in [0.15, 0.2) is 0 Å². The van der Waals surface area contributed by atoms with Gasteiger partial charge in [-0.1, -0.05) is 34.1 Å². The summed E-state index contributed by atoms with van der Waals surface area (Å²) in [6.45, 7) is 7.96. The minimum atomic E-state index is 0.283. The third-order valence-corrected chi connectivity index (χ3v) is 2.44. The van der Waals surface area contributed by atoms with Crippen LogP contribution in [0.3, 0.4) is 0 Å². The highest BCUT2D eigenvalue weighted by molar-refractivity contribution is 9.10. The van der Waals surface area contributed by atoms with Crippen LogP contribution in [0.2, 0.25) is 0 Å². The molecule has 1 nitrogen and oxygen atoms in total. The minimum Gasteiger partial charge on any atom is -0.300 e. The highest BCUT2D eigenvalue weighted by atomic mass is 79.9. The zero-order valence-electron chi connectivity index (χ0n) is 7.41. The minimum absolute atomic E-state index is 0.283. The fraction of sp³-hybridized carbons (Fsp3) is 0.182. The van der Waals surface area contributed by atoms with Crippen molar-refractivity contribution in [2.75, 3.05) is 6.54 Å². The van der Waals surface area contributed by atoms with Crippen LogP contribution in [0.4, 0.5) is 0 Å². The fourth-order valence-electron chi connectivity index (χ4n) is 1.17. The molecule has 1 rings (SSSR count). The zero-order chi connectivity index (χ0) is 9.68. The molecule has 2 heteroatoms. The first kappa shape index (κ1) is 10.2. The van der Waals surface area contributed by atoms with Crippen molar-refractivity contribution < 1.29 is 0 Å². The lowest BCUT2D eigenvalue weighted by molar-refractivity contribution is 0.857. The van der Waals surface area contributed by atoms with E-state index in [-0.39, 0.29) is 5.92 Å². The van der Waals surface area contributed by atoms with Crippen LogP contribution >= 0.6 is 15.9 Å². The molecular formula is C11H12BrN. The summed E-state index contributed by atoms with van der Waals surface area (Å²) in [5, 5.41) is 0. The molecule has 1 aromatic carbocycles. The van der Waals surface area contributed by atoms with Crippen LogP contribution in [0, 0.1) is 0 Å². The molecule has 1 atom stereocenters. The second-order valence-corrected chi connectivity index (χ2v) is 3.72. The number of hydrogen-bond acceptors (Lipinski definition) is 1. The average molecular weight is 238 g/mol. The summed E-state index contributed by atoms with van der Waals surface area (Å²) in [6, 6.07) is 8.19. The van der Waals surface area contributed by atoms with Gasteiger partial charge in [-0.15, -0.1) is 6.58 Å². The standard InChI is InChI=1S/C11H12BrN/c1-3-9(8-13-2)10-4-6-11(12)7-5-10/h3-7,9H,1-2,8H2. The number of benzene rings is 1. The Morgan fingerprint density at radius 3 is 2.46 bits per heavy atom. The lowest BCUT2D eigenvalue weighted by Crippen LogP contribution is -1.98. The molecule has 0 aliphatic rings. The summed E-state index contributed by atoms with van der Waals surface area (Å²) in [4.78, 5) is 3.87.